The summed E-state index contributed by atoms with van der Waals surface area (Å²) in [4.78, 5) is 33.3. The summed E-state index contributed by atoms with van der Waals surface area (Å²) in [6, 6.07) is 9.06. The van der Waals surface area contributed by atoms with Crippen molar-refractivity contribution in [2.24, 2.45) is 15.9 Å². The van der Waals surface area contributed by atoms with Crippen LogP contribution in [0.3, 0.4) is 0 Å². The van der Waals surface area contributed by atoms with Crippen LogP contribution in [-0.4, -0.2) is 47.0 Å². The van der Waals surface area contributed by atoms with Crippen LogP contribution < -0.4 is 15.4 Å². The average Bonchev–Trinajstić information content (AvgIpc) is 3.35. The summed E-state index contributed by atoms with van der Waals surface area (Å²) in [6.45, 7) is 2.27. The second-order valence-electron chi connectivity index (χ2n) is 7.36. The monoisotopic (exact) mass is 408 g/mol. The van der Waals surface area contributed by atoms with Gasteiger partial charge >= 0.3 is 6.03 Å². The number of ether oxygens (including phenoxy) is 1. The van der Waals surface area contributed by atoms with Crippen molar-refractivity contribution in [1.82, 2.24) is 15.1 Å². The number of fused-ring (bicyclic) bond motifs is 1. The van der Waals surface area contributed by atoms with Crippen molar-refractivity contribution in [3.8, 4) is 5.75 Å². The lowest BCUT2D eigenvalue weighted by molar-refractivity contribution is -0.119. The molecule has 1 aliphatic carbocycles. The van der Waals surface area contributed by atoms with Crippen LogP contribution >= 0.6 is 0 Å². The van der Waals surface area contributed by atoms with Crippen LogP contribution in [-0.2, 0) is 11.2 Å². The molecule has 0 saturated heterocycles. The summed E-state index contributed by atoms with van der Waals surface area (Å²) in [5.41, 5.74) is 2.63. The van der Waals surface area contributed by atoms with Crippen molar-refractivity contribution >= 4 is 29.4 Å². The van der Waals surface area contributed by atoms with Crippen LogP contribution in [0.1, 0.15) is 30.5 Å². The van der Waals surface area contributed by atoms with E-state index in [9.17, 15) is 9.59 Å². The molecular formula is C21H24N6O3. The molecule has 4 rings (SSSR count). The number of benzene rings is 1. The number of amides is 3. The van der Waals surface area contributed by atoms with Crippen molar-refractivity contribution in [3.05, 3.63) is 41.6 Å². The maximum atomic E-state index is 12.4. The van der Waals surface area contributed by atoms with Crippen LogP contribution in [0.25, 0.3) is 0 Å². The number of aliphatic imine (C=N–C) groups is 2. The standard InChI is InChI=1S/C21H24N6O3/c1-13-12-18(24-21(29)22-11-10-14-6-8-15(30-2)9-7-14)27(26-13)20-23-17-5-3-4-16(17)19(28)25-20/h6-9,12,16H,3-5,10-11H2,1-2H3,(H2,22,24,29). The Morgan fingerprint density at radius 1 is 1.27 bits per heavy atom. The van der Waals surface area contributed by atoms with Crippen molar-refractivity contribution in [2.75, 3.05) is 19.0 Å². The first-order valence-electron chi connectivity index (χ1n) is 9.98. The molecule has 0 bridgehead atoms. The van der Waals surface area contributed by atoms with E-state index in [1.807, 2.05) is 24.3 Å². The largest absolute Gasteiger partial charge is 0.497 e. The molecule has 1 unspecified atom stereocenters. The first kappa shape index (κ1) is 19.8. The topological polar surface area (TPSA) is 110 Å². The summed E-state index contributed by atoms with van der Waals surface area (Å²) in [6.07, 6.45) is 3.22. The SMILES string of the molecule is COc1ccc(CCNC(=O)Nc2cc(C)nn2C2=NC(=O)C3CCCC3=N2)cc1. The van der Waals surface area contributed by atoms with Crippen molar-refractivity contribution in [1.29, 1.82) is 0 Å². The molecule has 2 aromatic rings. The Hall–Kier alpha value is -3.49. The Morgan fingerprint density at radius 3 is 2.83 bits per heavy atom. The summed E-state index contributed by atoms with van der Waals surface area (Å²) in [5.74, 6) is 1.04. The van der Waals surface area contributed by atoms with E-state index in [-0.39, 0.29) is 23.8 Å². The third-order valence-electron chi connectivity index (χ3n) is 5.20. The van der Waals surface area contributed by atoms with Crippen molar-refractivity contribution in [2.45, 2.75) is 32.6 Å². The van der Waals surface area contributed by atoms with Gasteiger partial charge in [-0.15, -0.1) is 0 Å². The highest BCUT2D eigenvalue weighted by molar-refractivity contribution is 6.17. The molecule has 2 heterocycles. The van der Waals surface area contributed by atoms with Gasteiger partial charge in [-0.3, -0.25) is 10.1 Å². The Bertz CT molecular complexity index is 1020. The quantitative estimate of drug-likeness (QED) is 0.792. The van der Waals surface area contributed by atoms with E-state index in [1.54, 1.807) is 20.1 Å². The van der Waals surface area contributed by atoms with E-state index in [4.69, 9.17) is 4.74 Å². The zero-order valence-corrected chi connectivity index (χ0v) is 17.0. The Kier molecular flexibility index (Phi) is 5.60. The number of methoxy groups -OCH3 is 1. The second kappa shape index (κ2) is 8.48. The molecule has 9 heteroatoms. The minimum Gasteiger partial charge on any atom is -0.497 e. The van der Waals surface area contributed by atoms with Crippen LogP contribution in [0.15, 0.2) is 40.3 Å². The van der Waals surface area contributed by atoms with Gasteiger partial charge in [0.1, 0.15) is 11.6 Å². The number of nitrogens with zero attached hydrogens (tertiary/aromatic N) is 4. The number of aromatic nitrogens is 2. The molecule has 156 valence electrons. The molecule has 2 aliphatic rings. The number of rotatable bonds is 5. The van der Waals surface area contributed by atoms with Gasteiger partial charge in [0.2, 0.25) is 0 Å². The second-order valence-corrected chi connectivity index (χ2v) is 7.36. The molecule has 1 aliphatic heterocycles. The molecular weight excluding hydrogens is 384 g/mol. The zero-order valence-electron chi connectivity index (χ0n) is 17.0. The summed E-state index contributed by atoms with van der Waals surface area (Å²) in [5, 5.41) is 9.96. The van der Waals surface area contributed by atoms with Crippen LogP contribution in [0.5, 0.6) is 5.75 Å². The molecule has 0 radical (unpaired) electrons. The van der Waals surface area contributed by atoms with Gasteiger partial charge in [-0.1, -0.05) is 12.1 Å². The number of hydrogen-bond donors (Lipinski definition) is 2. The van der Waals surface area contributed by atoms with E-state index in [0.717, 1.165) is 36.3 Å². The van der Waals surface area contributed by atoms with Gasteiger partial charge in [0, 0.05) is 18.3 Å². The average molecular weight is 408 g/mol. The highest BCUT2D eigenvalue weighted by atomic mass is 16.5. The minimum absolute atomic E-state index is 0.185. The number of anilines is 1. The van der Waals surface area contributed by atoms with Crippen molar-refractivity contribution < 1.29 is 14.3 Å². The highest BCUT2D eigenvalue weighted by Crippen LogP contribution is 2.27. The van der Waals surface area contributed by atoms with Gasteiger partial charge in [0.25, 0.3) is 11.9 Å². The number of carbonyl (C=O) groups is 2. The number of carbonyl (C=O) groups excluding carboxylic acids is 2. The molecule has 1 atom stereocenters. The molecule has 1 fully saturated rings. The van der Waals surface area contributed by atoms with Crippen molar-refractivity contribution in [3.63, 3.8) is 0 Å². The van der Waals surface area contributed by atoms with E-state index >= 15 is 0 Å². The number of aryl methyl sites for hydroxylation is 1. The fourth-order valence-corrected chi connectivity index (χ4v) is 3.67. The molecule has 1 saturated carbocycles. The van der Waals surface area contributed by atoms with Crippen LogP contribution in [0, 0.1) is 12.8 Å². The Balaban J connectivity index is 1.39. The molecule has 30 heavy (non-hydrogen) atoms. The first-order valence-corrected chi connectivity index (χ1v) is 9.98. The molecule has 1 aromatic carbocycles. The molecule has 9 nitrogen and oxygen atoms in total. The van der Waals surface area contributed by atoms with Gasteiger partial charge in [-0.25, -0.2) is 9.79 Å². The fraction of sp³-hybridized carbons (Fsp3) is 0.381. The summed E-state index contributed by atoms with van der Waals surface area (Å²) >= 11 is 0. The van der Waals surface area contributed by atoms with Gasteiger partial charge in [-0.2, -0.15) is 14.8 Å². The molecule has 0 spiro atoms. The molecule has 1 aromatic heterocycles. The maximum Gasteiger partial charge on any atom is 0.320 e. The predicted octanol–water partition coefficient (Wildman–Crippen LogP) is 2.55. The number of nitrogens with one attached hydrogen (secondary N) is 2. The van der Waals surface area contributed by atoms with E-state index < -0.39 is 0 Å². The molecule has 2 N–H and O–H groups in total. The van der Waals surface area contributed by atoms with Gasteiger partial charge in [0.15, 0.2) is 0 Å². The van der Waals surface area contributed by atoms with E-state index in [1.165, 1.54) is 4.68 Å². The minimum atomic E-state index is -0.362. The third kappa shape index (κ3) is 4.24. The first-order chi connectivity index (χ1) is 14.5. The van der Waals surface area contributed by atoms with Crippen LogP contribution in [0.2, 0.25) is 0 Å². The Labute approximate surface area is 174 Å². The predicted molar refractivity (Wildman–Crippen MR) is 113 cm³/mol. The normalized spacial score (nSPS) is 17.8. The lowest BCUT2D eigenvalue weighted by atomic mass is 10.1. The summed E-state index contributed by atoms with van der Waals surface area (Å²) < 4.78 is 6.56. The number of hydrogen-bond acceptors (Lipinski definition) is 5. The summed E-state index contributed by atoms with van der Waals surface area (Å²) in [7, 11) is 1.63. The maximum absolute atomic E-state index is 12.4. The lowest BCUT2D eigenvalue weighted by Gasteiger charge is -2.15. The molecule has 3 amide bonds. The zero-order chi connectivity index (χ0) is 21.1. The Morgan fingerprint density at radius 2 is 2.07 bits per heavy atom. The third-order valence-corrected chi connectivity index (χ3v) is 5.20. The highest BCUT2D eigenvalue weighted by Gasteiger charge is 2.33. The van der Waals surface area contributed by atoms with E-state index in [2.05, 4.69) is 25.7 Å². The van der Waals surface area contributed by atoms with Crippen LogP contribution in [0.4, 0.5) is 10.6 Å². The lowest BCUT2D eigenvalue weighted by Crippen LogP contribution is -2.33. The smallest absolute Gasteiger partial charge is 0.320 e. The number of urea groups is 1. The van der Waals surface area contributed by atoms with E-state index in [0.29, 0.717) is 24.5 Å². The van der Waals surface area contributed by atoms with Gasteiger partial charge < -0.3 is 10.1 Å². The van der Waals surface area contributed by atoms with Gasteiger partial charge in [0.05, 0.1) is 18.7 Å². The van der Waals surface area contributed by atoms with Gasteiger partial charge in [-0.05, 0) is 50.3 Å². The fourth-order valence-electron chi connectivity index (χ4n) is 3.67.